The van der Waals surface area contributed by atoms with E-state index in [0.717, 1.165) is 21.2 Å². The summed E-state index contributed by atoms with van der Waals surface area (Å²) in [5.74, 6) is 1.03. The fourth-order valence-corrected chi connectivity index (χ4v) is 4.48. The maximum atomic E-state index is 12.7. The monoisotopic (exact) mass is 472 g/mol. The maximum absolute atomic E-state index is 12.7. The Labute approximate surface area is 176 Å². The zero-order chi connectivity index (χ0) is 20.6. The zero-order valence-electron chi connectivity index (χ0n) is 15.7. The molecule has 148 valence electrons. The van der Waals surface area contributed by atoms with Crippen molar-refractivity contribution in [1.29, 1.82) is 0 Å². The molecule has 0 amide bonds. The van der Waals surface area contributed by atoms with Crippen molar-refractivity contribution in [1.82, 2.24) is 10.1 Å². The summed E-state index contributed by atoms with van der Waals surface area (Å²) in [6.45, 7) is 3.81. The molecule has 29 heavy (non-hydrogen) atoms. The van der Waals surface area contributed by atoms with Gasteiger partial charge in [0.05, 0.1) is 4.90 Å². The number of sulfone groups is 1. The summed E-state index contributed by atoms with van der Waals surface area (Å²) in [4.78, 5) is 4.62. The van der Waals surface area contributed by atoms with Gasteiger partial charge in [0, 0.05) is 10.0 Å². The molecular formula is C21H17BrN2O4S. The van der Waals surface area contributed by atoms with Crippen LogP contribution in [-0.2, 0) is 15.6 Å². The third kappa shape index (κ3) is 4.04. The van der Waals surface area contributed by atoms with Gasteiger partial charge < -0.3 is 8.94 Å². The van der Waals surface area contributed by atoms with E-state index in [1.807, 2.05) is 38.1 Å². The molecule has 4 rings (SSSR count). The molecule has 0 bridgehead atoms. The van der Waals surface area contributed by atoms with Crippen LogP contribution in [0.1, 0.15) is 16.9 Å². The Morgan fingerprint density at radius 2 is 1.79 bits per heavy atom. The maximum Gasteiger partial charge on any atom is 0.293 e. The van der Waals surface area contributed by atoms with Crippen LogP contribution in [0.4, 0.5) is 0 Å². The second kappa shape index (κ2) is 7.61. The van der Waals surface area contributed by atoms with Crippen LogP contribution in [0.25, 0.3) is 23.0 Å². The van der Waals surface area contributed by atoms with E-state index in [9.17, 15) is 8.42 Å². The lowest BCUT2D eigenvalue weighted by atomic mass is 10.1. The van der Waals surface area contributed by atoms with Crippen LogP contribution in [0.15, 0.2) is 72.9 Å². The summed E-state index contributed by atoms with van der Waals surface area (Å²) in [7, 11) is -3.55. The number of nitrogens with zero attached hydrogens (tertiary/aromatic N) is 2. The van der Waals surface area contributed by atoms with E-state index in [0.29, 0.717) is 17.3 Å². The first kappa shape index (κ1) is 19.6. The van der Waals surface area contributed by atoms with Crippen LogP contribution in [0.3, 0.4) is 0 Å². The molecule has 0 spiro atoms. The molecule has 0 aliphatic carbocycles. The van der Waals surface area contributed by atoms with Crippen molar-refractivity contribution in [2.24, 2.45) is 0 Å². The van der Waals surface area contributed by atoms with Crippen LogP contribution in [-0.4, -0.2) is 18.6 Å². The zero-order valence-corrected chi connectivity index (χ0v) is 18.1. The first-order valence-electron chi connectivity index (χ1n) is 8.81. The standard InChI is InChI=1S/C21H17BrN2O4S/c1-13-5-3-4-6-17(13)20-23-21(28-24-20)19-10-7-15(27-19)12-29(25,26)16-8-9-18(22)14(2)11-16/h3-11H,12H2,1-2H3. The summed E-state index contributed by atoms with van der Waals surface area (Å²) < 4.78 is 37.3. The van der Waals surface area contributed by atoms with Gasteiger partial charge in [0.1, 0.15) is 11.5 Å². The first-order valence-corrected chi connectivity index (χ1v) is 11.3. The second-order valence-corrected chi connectivity index (χ2v) is 9.52. The largest absolute Gasteiger partial charge is 0.455 e. The Hall–Kier alpha value is -2.71. The number of halogens is 1. The average Bonchev–Trinajstić information content (AvgIpc) is 3.33. The van der Waals surface area contributed by atoms with Crippen molar-refractivity contribution in [3.63, 3.8) is 0 Å². The van der Waals surface area contributed by atoms with E-state index in [2.05, 4.69) is 26.1 Å². The number of furan rings is 1. The van der Waals surface area contributed by atoms with Gasteiger partial charge in [0.15, 0.2) is 15.6 Å². The van der Waals surface area contributed by atoms with Gasteiger partial charge in [-0.1, -0.05) is 45.4 Å². The Kier molecular flexibility index (Phi) is 5.14. The number of rotatable bonds is 5. The lowest BCUT2D eigenvalue weighted by Gasteiger charge is -2.05. The summed E-state index contributed by atoms with van der Waals surface area (Å²) in [5, 5.41) is 4.00. The number of benzene rings is 2. The van der Waals surface area contributed by atoms with Crippen LogP contribution in [0.5, 0.6) is 0 Å². The molecule has 0 saturated heterocycles. The van der Waals surface area contributed by atoms with E-state index >= 15 is 0 Å². The molecule has 2 heterocycles. The Morgan fingerprint density at radius 3 is 2.55 bits per heavy atom. The van der Waals surface area contributed by atoms with Crippen molar-refractivity contribution in [3.05, 3.63) is 76.0 Å². The number of aromatic nitrogens is 2. The highest BCUT2D eigenvalue weighted by atomic mass is 79.9. The minimum absolute atomic E-state index is 0.200. The van der Waals surface area contributed by atoms with Gasteiger partial charge in [0.2, 0.25) is 5.82 Å². The predicted molar refractivity (Wildman–Crippen MR) is 112 cm³/mol. The van der Waals surface area contributed by atoms with E-state index < -0.39 is 9.84 Å². The lowest BCUT2D eigenvalue weighted by Crippen LogP contribution is -2.04. The molecule has 0 fully saturated rings. The first-order chi connectivity index (χ1) is 13.8. The Morgan fingerprint density at radius 1 is 1.00 bits per heavy atom. The van der Waals surface area contributed by atoms with Gasteiger partial charge in [0.25, 0.3) is 5.89 Å². The SMILES string of the molecule is Cc1cc(S(=O)(=O)Cc2ccc(-c3nc(-c4ccccc4C)no3)o2)ccc1Br. The molecule has 0 unspecified atom stereocenters. The van der Waals surface area contributed by atoms with Crippen LogP contribution >= 0.6 is 15.9 Å². The van der Waals surface area contributed by atoms with Crippen molar-refractivity contribution in [2.45, 2.75) is 24.5 Å². The van der Waals surface area contributed by atoms with E-state index in [1.165, 1.54) is 0 Å². The minimum Gasteiger partial charge on any atom is -0.455 e. The highest BCUT2D eigenvalue weighted by molar-refractivity contribution is 9.10. The molecule has 8 heteroatoms. The predicted octanol–water partition coefficient (Wildman–Crippen LogP) is 5.35. The number of hydrogen-bond donors (Lipinski definition) is 0. The van der Waals surface area contributed by atoms with Gasteiger partial charge in [-0.3, -0.25) is 0 Å². The van der Waals surface area contributed by atoms with E-state index in [-0.39, 0.29) is 16.5 Å². The van der Waals surface area contributed by atoms with E-state index in [1.54, 1.807) is 30.3 Å². The van der Waals surface area contributed by atoms with Gasteiger partial charge in [-0.2, -0.15) is 4.98 Å². The van der Waals surface area contributed by atoms with E-state index in [4.69, 9.17) is 8.94 Å². The molecule has 0 radical (unpaired) electrons. The van der Waals surface area contributed by atoms with Gasteiger partial charge in [-0.15, -0.1) is 0 Å². The van der Waals surface area contributed by atoms with Gasteiger partial charge in [-0.25, -0.2) is 8.42 Å². The van der Waals surface area contributed by atoms with Crippen molar-refractivity contribution < 1.29 is 17.4 Å². The summed E-state index contributed by atoms with van der Waals surface area (Å²) in [6.07, 6.45) is 0. The summed E-state index contributed by atoms with van der Waals surface area (Å²) in [5.41, 5.74) is 2.74. The molecule has 2 aromatic heterocycles. The van der Waals surface area contributed by atoms with Crippen molar-refractivity contribution in [3.8, 4) is 23.0 Å². The fourth-order valence-electron chi connectivity index (χ4n) is 2.91. The molecule has 6 nitrogen and oxygen atoms in total. The molecule has 0 atom stereocenters. The highest BCUT2D eigenvalue weighted by Crippen LogP contribution is 2.28. The quantitative estimate of drug-likeness (QED) is 0.389. The smallest absolute Gasteiger partial charge is 0.293 e. The Balaban J connectivity index is 1.57. The molecular weight excluding hydrogens is 456 g/mol. The topological polar surface area (TPSA) is 86.2 Å². The normalized spacial score (nSPS) is 11.7. The molecule has 0 saturated carbocycles. The second-order valence-electron chi connectivity index (χ2n) is 6.67. The van der Waals surface area contributed by atoms with Crippen LogP contribution in [0.2, 0.25) is 0 Å². The van der Waals surface area contributed by atoms with Crippen molar-refractivity contribution >= 4 is 25.8 Å². The molecule has 0 aliphatic rings. The highest BCUT2D eigenvalue weighted by Gasteiger charge is 2.21. The third-order valence-electron chi connectivity index (χ3n) is 4.51. The average molecular weight is 473 g/mol. The van der Waals surface area contributed by atoms with Crippen LogP contribution < -0.4 is 0 Å². The molecule has 2 aromatic carbocycles. The third-order valence-corrected chi connectivity index (χ3v) is 7.03. The van der Waals surface area contributed by atoms with Crippen LogP contribution in [0, 0.1) is 13.8 Å². The van der Waals surface area contributed by atoms with Gasteiger partial charge in [-0.05, 0) is 55.3 Å². The summed E-state index contributed by atoms with van der Waals surface area (Å²) >= 11 is 3.38. The molecule has 0 N–H and O–H groups in total. The Bertz CT molecular complexity index is 1290. The summed E-state index contributed by atoms with van der Waals surface area (Å²) in [6, 6.07) is 15.9. The fraction of sp³-hybridized carbons (Fsp3) is 0.143. The lowest BCUT2D eigenvalue weighted by molar-refractivity contribution is 0.413. The number of aryl methyl sites for hydroxylation is 2. The molecule has 0 aliphatic heterocycles. The molecule has 4 aromatic rings. The number of hydrogen-bond acceptors (Lipinski definition) is 6. The van der Waals surface area contributed by atoms with Crippen molar-refractivity contribution in [2.75, 3.05) is 0 Å². The van der Waals surface area contributed by atoms with Gasteiger partial charge >= 0.3 is 0 Å². The minimum atomic E-state index is -3.55.